The number of fused-ring (bicyclic) bond motifs is 2. The third-order valence-corrected chi connectivity index (χ3v) is 3.78. The molecule has 0 bridgehead atoms. The van der Waals surface area contributed by atoms with E-state index in [-0.39, 0.29) is 11.3 Å². The van der Waals surface area contributed by atoms with Gasteiger partial charge in [0.15, 0.2) is 0 Å². The number of aromatic hydroxyl groups is 1. The predicted octanol–water partition coefficient (Wildman–Crippen LogP) is 3.31. The van der Waals surface area contributed by atoms with E-state index in [1.807, 2.05) is 43.4 Å². The third-order valence-electron chi connectivity index (χ3n) is 3.78. The number of pyridine rings is 1. The van der Waals surface area contributed by atoms with E-state index in [9.17, 15) is 9.90 Å². The number of aryl methyl sites for hydroxylation is 1. The minimum absolute atomic E-state index is 0.167. The normalized spacial score (nSPS) is 14.7. The molecule has 102 valence electrons. The Morgan fingerprint density at radius 3 is 2.90 bits per heavy atom. The van der Waals surface area contributed by atoms with E-state index in [0.717, 1.165) is 35.9 Å². The van der Waals surface area contributed by atoms with E-state index in [1.165, 1.54) is 5.56 Å². The van der Waals surface area contributed by atoms with Crippen molar-refractivity contribution < 1.29 is 5.11 Å². The molecule has 2 aromatic rings. The molecule has 20 heavy (non-hydrogen) atoms. The number of aromatic nitrogens is 1. The Kier molecular flexibility index (Phi) is 3.18. The molecule has 0 aliphatic heterocycles. The predicted molar refractivity (Wildman–Crippen MR) is 82.1 cm³/mol. The summed E-state index contributed by atoms with van der Waals surface area (Å²) in [6.45, 7) is 1.94. The van der Waals surface area contributed by atoms with Crippen molar-refractivity contribution in [3.63, 3.8) is 0 Å². The number of rotatable bonds is 2. The number of phenols is 1. The van der Waals surface area contributed by atoms with Crippen molar-refractivity contribution in [2.45, 2.75) is 26.2 Å². The summed E-state index contributed by atoms with van der Waals surface area (Å²) in [7, 11) is 0. The minimum atomic E-state index is -0.227. The molecule has 0 atom stereocenters. The second kappa shape index (κ2) is 5.00. The summed E-state index contributed by atoms with van der Waals surface area (Å²) in [6.07, 6.45) is 10.5. The number of phenolic OH excluding ortho intramolecular Hbond substituents is 1. The molecule has 1 aliphatic carbocycles. The molecule has 3 heteroatoms. The van der Waals surface area contributed by atoms with Crippen LogP contribution in [-0.4, -0.2) is 10.1 Å². The Morgan fingerprint density at radius 2 is 2.10 bits per heavy atom. The maximum Gasteiger partial charge on any atom is 0.260 e. The molecule has 2 N–H and O–H groups in total. The van der Waals surface area contributed by atoms with Gasteiger partial charge in [-0.3, -0.25) is 4.79 Å². The van der Waals surface area contributed by atoms with Gasteiger partial charge in [0.25, 0.3) is 5.56 Å². The fraction of sp³-hybridized carbons (Fsp3) is 0.235. The quantitative estimate of drug-likeness (QED) is 0.820. The first-order chi connectivity index (χ1) is 9.70. The smallest absolute Gasteiger partial charge is 0.260 e. The third kappa shape index (κ3) is 2.05. The van der Waals surface area contributed by atoms with Crippen molar-refractivity contribution in [1.29, 1.82) is 0 Å². The molecule has 1 aromatic heterocycles. The lowest BCUT2D eigenvalue weighted by Crippen LogP contribution is -2.08. The largest absolute Gasteiger partial charge is 0.507 e. The number of hydrogen-bond acceptors (Lipinski definition) is 2. The van der Waals surface area contributed by atoms with Crippen molar-refractivity contribution in [1.82, 2.24) is 4.98 Å². The van der Waals surface area contributed by atoms with Crippen LogP contribution >= 0.6 is 0 Å². The first kappa shape index (κ1) is 12.7. The summed E-state index contributed by atoms with van der Waals surface area (Å²) in [4.78, 5) is 15.0. The highest BCUT2D eigenvalue weighted by molar-refractivity contribution is 5.90. The average Bonchev–Trinajstić information content (AvgIpc) is 2.87. The molecule has 0 amide bonds. The van der Waals surface area contributed by atoms with Crippen LogP contribution in [0.2, 0.25) is 0 Å². The van der Waals surface area contributed by atoms with Gasteiger partial charge in [-0.15, -0.1) is 0 Å². The molecular weight excluding hydrogens is 250 g/mol. The van der Waals surface area contributed by atoms with Crippen LogP contribution in [0, 0.1) is 0 Å². The summed E-state index contributed by atoms with van der Waals surface area (Å²) >= 11 is 0. The van der Waals surface area contributed by atoms with Crippen LogP contribution < -0.4 is 5.56 Å². The van der Waals surface area contributed by atoms with Crippen molar-refractivity contribution in [2.75, 3.05) is 0 Å². The van der Waals surface area contributed by atoms with Crippen LogP contribution in [-0.2, 0) is 12.8 Å². The summed E-state index contributed by atoms with van der Waals surface area (Å²) < 4.78 is 0. The fourth-order valence-corrected chi connectivity index (χ4v) is 2.85. The van der Waals surface area contributed by atoms with Gasteiger partial charge in [0.2, 0.25) is 0 Å². The molecule has 0 unspecified atom stereocenters. The molecule has 1 aromatic carbocycles. The highest BCUT2D eigenvalue weighted by Gasteiger charge is 2.19. The van der Waals surface area contributed by atoms with E-state index < -0.39 is 0 Å². The Bertz CT molecular complexity index is 782. The van der Waals surface area contributed by atoms with Gasteiger partial charge in [-0.2, -0.15) is 0 Å². The number of H-pyrrole nitrogens is 1. The lowest BCUT2D eigenvalue weighted by molar-refractivity contribution is 0.475. The summed E-state index contributed by atoms with van der Waals surface area (Å²) in [6, 6.07) is 3.95. The van der Waals surface area contributed by atoms with E-state index in [2.05, 4.69) is 4.98 Å². The maximum atomic E-state index is 12.2. The van der Waals surface area contributed by atoms with Crippen molar-refractivity contribution in [3.8, 4) is 5.75 Å². The Balaban J connectivity index is 2.22. The highest BCUT2D eigenvalue weighted by atomic mass is 16.3. The zero-order chi connectivity index (χ0) is 14.1. The number of aromatic amines is 1. The summed E-state index contributed by atoms with van der Waals surface area (Å²) in [5, 5.41) is 11.5. The van der Waals surface area contributed by atoms with Gasteiger partial charge in [0, 0.05) is 5.69 Å². The van der Waals surface area contributed by atoms with Crippen molar-refractivity contribution in [2.24, 2.45) is 0 Å². The van der Waals surface area contributed by atoms with Crippen LogP contribution in [0.5, 0.6) is 5.75 Å². The Morgan fingerprint density at radius 1 is 1.25 bits per heavy atom. The van der Waals surface area contributed by atoms with Crippen molar-refractivity contribution >= 4 is 16.8 Å². The van der Waals surface area contributed by atoms with Gasteiger partial charge in [-0.25, -0.2) is 0 Å². The molecule has 0 fully saturated rings. The van der Waals surface area contributed by atoms with E-state index in [1.54, 1.807) is 0 Å². The molecule has 0 spiro atoms. The molecule has 3 nitrogen and oxygen atoms in total. The first-order valence-electron chi connectivity index (χ1n) is 6.91. The van der Waals surface area contributed by atoms with Crippen LogP contribution in [0.3, 0.4) is 0 Å². The van der Waals surface area contributed by atoms with Crippen LogP contribution in [0.4, 0.5) is 0 Å². The summed E-state index contributed by atoms with van der Waals surface area (Å²) in [5.41, 5.74) is 2.64. The molecule has 1 aliphatic rings. The summed E-state index contributed by atoms with van der Waals surface area (Å²) in [5.74, 6) is 0.167. The van der Waals surface area contributed by atoms with Gasteiger partial charge in [0.1, 0.15) is 5.75 Å². The Labute approximate surface area is 117 Å². The van der Waals surface area contributed by atoms with Gasteiger partial charge < -0.3 is 10.1 Å². The average molecular weight is 267 g/mol. The van der Waals surface area contributed by atoms with E-state index in [4.69, 9.17) is 0 Å². The number of benzene rings is 1. The van der Waals surface area contributed by atoms with Crippen LogP contribution in [0.25, 0.3) is 16.8 Å². The fourth-order valence-electron chi connectivity index (χ4n) is 2.85. The number of allylic oxidation sites excluding steroid dienone is 3. The highest BCUT2D eigenvalue weighted by Crippen LogP contribution is 2.35. The standard InChI is InChI=1S/C17H17NO2/c1-2-3-4-7-13-10-12-9-11-6-5-8-14(11)16(19)15(12)17(20)18-13/h2-4,7,9-10,19H,5-6,8H2,1H3,(H,18,20). The first-order valence-corrected chi connectivity index (χ1v) is 6.91. The lowest BCUT2D eigenvalue weighted by atomic mass is 10.0. The minimum Gasteiger partial charge on any atom is -0.507 e. The molecular formula is C17H17NO2. The molecule has 1 heterocycles. The van der Waals surface area contributed by atoms with Crippen LogP contribution in [0.15, 0.2) is 35.2 Å². The van der Waals surface area contributed by atoms with Crippen LogP contribution in [0.1, 0.15) is 30.2 Å². The van der Waals surface area contributed by atoms with Gasteiger partial charge in [0.05, 0.1) is 5.39 Å². The van der Waals surface area contributed by atoms with E-state index in [0.29, 0.717) is 5.39 Å². The zero-order valence-electron chi connectivity index (χ0n) is 11.4. The zero-order valence-corrected chi connectivity index (χ0v) is 11.4. The monoisotopic (exact) mass is 267 g/mol. The van der Waals surface area contributed by atoms with Gasteiger partial charge in [-0.05, 0) is 54.8 Å². The molecule has 0 saturated heterocycles. The SMILES string of the molecule is CC=CC=Cc1cc2cc3c(c(O)c2c(=O)[nH]1)CCC3. The van der Waals surface area contributed by atoms with E-state index >= 15 is 0 Å². The second-order valence-electron chi connectivity index (χ2n) is 5.12. The number of hydrogen-bond donors (Lipinski definition) is 2. The van der Waals surface area contributed by atoms with Gasteiger partial charge >= 0.3 is 0 Å². The molecule has 0 saturated carbocycles. The number of nitrogens with one attached hydrogen (secondary N) is 1. The lowest BCUT2D eigenvalue weighted by Gasteiger charge is -2.07. The Hall–Kier alpha value is -2.29. The van der Waals surface area contributed by atoms with Crippen molar-refractivity contribution in [3.05, 3.63) is 57.5 Å². The second-order valence-corrected chi connectivity index (χ2v) is 5.12. The maximum absolute atomic E-state index is 12.2. The van der Waals surface area contributed by atoms with Gasteiger partial charge in [-0.1, -0.05) is 24.3 Å². The molecule has 0 radical (unpaired) electrons. The topological polar surface area (TPSA) is 53.1 Å². The molecule has 3 rings (SSSR count).